The number of rotatable bonds is 6. The summed E-state index contributed by atoms with van der Waals surface area (Å²) in [6, 6.07) is 0. The van der Waals surface area contributed by atoms with E-state index in [2.05, 4.69) is 27.3 Å². The molecule has 1 fully saturated rings. The van der Waals surface area contributed by atoms with Crippen LogP contribution in [0.15, 0.2) is 0 Å². The number of aryl methyl sites for hydroxylation is 1. The van der Waals surface area contributed by atoms with Crippen LogP contribution in [0, 0.1) is 0 Å². The van der Waals surface area contributed by atoms with E-state index >= 15 is 0 Å². The molecule has 0 spiro atoms. The van der Waals surface area contributed by atoms with Gasteiger partial charge in [0.15, 0.2) is 5.69 Å². The number of carbonyl (C=O) groups excluding carboxylic acids is 1. The van der Waals surface area contributed by atoms with E-state index in [0.717, 1.165) is 38.2 Å². The van der Waals surface area contributed by atoms with E-state index in [1.807, 2.05) is 11.8 Å². The number of nitrogens with one attached hydrogen (secondary N) is 2. The Morgan fingerprint density at radius 1 is 1.50 bits per heavy atom. The molecule has 20 heavy (non-hydrogen) atoms. The number of nitrogen functional groups attached to an aromatic ring is 1. The van der Waals surface area contributed by atoms with Crippen molar-refractivity contribution in [3.8, 4) is 0 Å². The predicted octanol–water partition coefficient (Wildman–Crippen LogP) is 0.723. The van der Waals surface area contributed by atoms with Gasteiger partial charge in [0, 0.05) is 37.7 Å². The van der Waals surface area contributed by atoms with Gasteiger partial charge in [-0.25, -0.2) is 0 Å². The number of aromatic nitrogens is 2. The van der Waals surface area contributed by atoms with Crippen LogP contribution >= 0.6 is 11.8 Å². The van der Waals surface area contributed by atoms with Crippen LogP contribution < -0.4 is 11.1 Å². The molecule has 1 aromatic rings. The molecule has 7 heteroatoms. The largest absolute Gasteiger partial charge is 0.395 e. The molecule has 0 bridgehead atoms. The highest BCUT2D eigenvalue weighted by atomic mass is 32.2. The molecule has 112 valence electrons. The zero-order chi connectivity index (χ0) is 14.4. The smallest absolute Gasteiger partial charge is 0.273 e. The summed E-state index contributed by atoms with van der Waals surface area (Å²) >= 11 is 1.98. The van der Waals surface area contributed by atoms with Gasteiger partial charge in [-0.3, -0.25) is 14.8 Å². The minimum Gasteiger partial charge on any atom is -0.395 e. The van der Waals surface area contributed by atoms with Crippen molar-refractivity contribution in [2.24, 2.45) is 0 Å². The number of nitrogens with zero attached hydrogens (tertiary/aromatic N) is 2. The van der Waals surface area contributed by atoms with Gasteiger partial charge in [-0.1, -0.05) is 13.3 Å². The summed E-state index contributed by atoms with van der Waals surface area (Å²) in [5, 5.41) is 9.76. The first-order chi connectivity index (χ1) is 9.72. The van der Waals surface area contributed by atoms with E-state index < -0.39 is 0 Å². The number of hydrogen-bond donors (Lipinski definition) is 3. The van der Waals surface area contributed by atoms with Gasteiger partial charge in [-0.05, 0) is 6.42 Å². The van der Waals surface area contributed by atoms with Gasteiger partial charge in [-0.15, -0.1) is 0 Å². The number of thioether (sulfide) groups is 1. The van der Waals surface area contributed by atoms with Crippen molar-refractivity contribution >= 4 is 23.4 Å². The monoisotopic (exact) mass is 297 g/mol. The minimum atomic E-state index is -0.188. The maximum Gasteiger partial charge on any atom is 0.273 e. The fourth-order valence-electron chi connectivity index (χ4n) is 2.24. The summed E-state index contributed by atoms with van der Waals surface area (Å²) in [6.45, 7) is 5.80. The molecule has 0 saturated carbocycles. The van der Waals surface area contributed by atoms with Crippen LogP contribution in [-0.4, -0.2) is 58.7 Å². The molecule has 2 rings (SSSR count). The molecule has 0 unspecified atom stereocenters. The number of aromatic amines is 1. The second-order valence-corrected chi connectivity index (χ2v) is 6.15. The van der Waals surface area contributed by atoms with Crippen LogP contribution in [0.5, 0.6) is 0 Å². The molecule has 1 aliphatic rings. The van der Waals surface area contributed by atoms with Gasteiger partial charge in [-0.2, -0.15) is 16.9 Å². The number of H-pyrrole nitrogens is 1. The van der Waals surface area contributed by atoms with E-state index in [1.54, 1.807) is 0 Å². The van der Waals surface area contributed by atoms with E-state index in [-0.39, 0.29) is 5.91 Å². The van der Waals surface area contributed by atoms with Gasteiger partial charge in [0.05, 0.1) is 11.4 Å². The molecule has 1 amide bonds. The molecule has 0 atom stereocenters. The lowest BCUT2D eigenvalue weighted by molar-refractivity contribution is 0.0945. The van der Waals surface area contributed by atoms with Crippen molar-refractivity contribution in [1.82, 2.24) is 20.4 Å². The Balaban J connectivity index is 1.79. The topological polar surface area (TPSA) is 87.0 Å². The normalized spacial score (nSPS) is 16.2. The van der Waals surface area contributed by atoms with Crippen LogP contribution in [0.4, 0.5) is 5.69 Å². The van der Waals surface area contributed by atoms with Crippen molar-refractivity contribution in [2.75, 3.05) is 43.4 Å². The predicted molar refractivity (Wildman–Crippen MR) is 83.1 cm³/mol. The Kier molecular flexibility index (Phi) is 5.72. The molecule has 0 aromatic carbocycles. The van der Waals surface area contributed by atoms with Crippen LogP contribution in [-0.2, 0) is 6.42 Å². The molecule has 2 heterocycles. The second kappa shape index (κ2) is 7.54. The van der Waals surface area contributed by atoms with Crippen molar-refractivity contribution in [1.29, 1.82) is 0 Å². The fraction of sp³-hybridized carbons (Fsp3) is 0.692. The van der Waals surface area contributed by atoms with Gasteiger partial charge >= 0.3 is 0 Å². The van der Waals surface area contributed by atoms with Gasteiger partial charge in [0.1, 0.15) is 0 Å². The Morgan fingerprint density at radius 2 is 2.25 bits per heavy atom. The highest BCUT2D eigenvalue weighted by Gasteiger charge is 2.17. The molecule has 1 aromatic heterocycles. The van der Waals surface area contributed by atoms with Crippen LogP contribution in [0.2, 0.25) is 0 Å². The van der Waals surface area contributed by atoms with E-state index in [4.69, 9.17) is 5.73 Å². The van der Waals surface area contributed by atoms with Gasteiger partial charge in [0.2, 0.25) is 0 Å². The van der Waals surface area contributed by atoms with Gasteiger partial charge < -0.3 is 11.1 Å². The number of amides is 1. The highest BCUT2D eigenvalue weighted by molar-refractivity contribution is 7.99. The second-order valence-electron chi connectivity index (χ2n) is 4.92. The summed E-state index contributed by atoms with van der Waals surface area (Å²) in [7, 11) is 0. The summed E-state index contributed by atoms with van der Waals surface area (Å²) < 4.78 is 0. The van der Waals surface area contributed by atoms with E-state index in [0.29, 0.717) is 17.9 Å². The highest BCUT2D eigenvalue weighted by Crippen LogP contribution is 2.15. The quantitative estimate of drug-likeness (QED) is 0.720. The lowest BCUT2D eigenvalue weighted by Gasteiger charge is -2.25. The zero-order valence-electron chi connectivity index (χ0n) is 11.9. The summed E-state index contributed by atoms with van der Waals surface area (Å²) in [6.07, 6.45) is 1.79. The molecule has 0 radical (unpaired) electrons. The lowest BCUT2D eigenvalue weighted by atomic mass is 10.2. The third-order valence-corrected chi connectivity index (χ3v) is 4.36. The van der Waals surface area contributed by atoms with Crippen LogP contribution in [0.3, 0.4) is 0 Å². The van der Waals surface area contributed by atoms with Gasteiger partial charge in [0.25, 0.3) is 5.91 Å². The first-order valence-corrected chi connectivity index (χ1v) is 8.28. The van der Waals surface area contributed by atoms with Crippen LogP contribution in [0.25, 0.3) is 0 Å². The number of hydrogen-bond acceptors (Lipinski definition) is 5. The molecule has 6 nitrogen and oxygen atoms in total. The van der Waals surface area contributed by atoms with Crippen molar-refractivity contribution < 1.29 is 4.79 Å². The van der Waals surface area contributed by atoms with E-state index in [9.17, 15) is 4.79 Å². The molecule has 1 aliphatic heterocycles. The van der Waals surface area contributed by atoms with Crippen molar-refractivity contribution in [2.45, 2.75) is 19.8 Å². The van der Waals surface area contributed by atoms with Crippen molar-refractivity contribution in [3.63, 3.8) is 0 Å². The number of nitrogens with two attached hydrogens (primary N) is 1. The fourth-order valence-corrected chi connectivity index (χ4v) is 3.22. The number of anilines is 1. The third-order valence-electron chi connectivity index (χ3n) is 3.42. The van der Waals surface area contributed by atoms with Crippen molar-refractivity contribution in [3.05, 3.63) is 11.4 Å². The van der Waals surface area contributed by atoms with Crippen LogP contribution in [0.1, 0.15) is 29.5 Å². The zero-order valence-corrected chi connectivity index (χ0v) is 12.8. The summed E-state index contributed by atoms with van der Waals surface area (Å²) in [5.74, 6) is 2.17. The van der Waals surface area contributed by atoms with E-state index in [1.165, 1.54) is 11.5 Å². The summed E-state index contributed by atoms with van der Waals surface area (Å²) in [4.78, 5) is 14.4. The molecular formula is C13H23N5OS. The SMILES string of the molecule is CCCc1[nH]nc(C(=O)NCCN2CCSCC2)c1N. The Morgan fingerprint density at radius 3 is 2.95 bits per heavy atom. The number of carbonyl (C=O) groups is 1. The average molecular weight is 297 g/mol. The third kappa shape index (κ3) is 3.89. The molecule has 4 N–H and O–H groups in total. The Hall–Kier alpha value is -1.21. The minimum absolute atomic E-state index is 0.188. The molecule has 1 saturated heterocycles. The first-order valence-electron chi connectivity index (χ1n) is 7.13. The Labute approximate surface area is 123 Å². The lowest BCUT2D eigenvalue weighted by Crippen LogP contribution is -2.39. The summed E-state index contributed by atoms with van der Waals surface area (Å²) in [5.41, 5.74) is 7.60. The molecule has 0 aliphatic carbocycles. The Bertz CT molecular complexity index is 442. The first kappa shape index (κ1) is 15.2. The molecular weight excluding hydrogens is 274 g/mol. The standard InChI is InChI=1S/C13H23N5OS/c1-2-3-10-11(14)12(17-16-10)13(19)15-4-5-18-6-8-20-9-7-18/h2-9,14H2,1H3,(H,15,19)(H,16,17). The average Bonchev–Trinajstić information content (AvgIpc) is 2.82. The maximum absolute atomic E-state index is 12.0. The maximum atomic E-state index is 12.0.